The second-order valence-corrected chi connectivity index (χ2v) is 10.1. The Balaban J connectivity index is 2.36. The van der Waals surface area contributed by atoms with Gasteiger partial charge in [-0.2, -0.15) is 0 Å². The normalized spacial score (nSPS) is 15.7. The number of hydrogen-bond donors (Lipinski definition) is 2. The minimum Gasteiger partial charge on any atom is -0.444 e. The number of nitrogens with one attached hydrogen (secondary N) is 2. The molecule has 33 heavy (non-hydrogen) atoms. The van der Waals surface area contributed by atoms with Crippen LogP contribution < -0.4 is 10.6 Å². The molecule has 7 heteroatoms. The zero-order chi connectivity index (χ0) is 24.8. The molecule has 0 bridgehead atoms. The quantitative estimate of drug-likeness (QED) is 0.567. The number of alkyl carbamates (subject to hydrolysis) is 1. The Bertz CT molecular complexity index is 842. The van der Waals surface area contributed by atoms with E-state index >= 15 is 0 Å². The summed E-state index contributed by atoms with van der Waals surface area (Å²) in [6.07, 6.45) is 3.88. The van der Waals surface area contributed by atoms with Crippen molar-refractivity contribution in [2.45, 2.75) is 104 Å². The maximum absolute atomic E-state index is 13.6. The lowest BCUT2D eigenvalue weighted by molar-refractivity contribution is -0.145. The molecule has 0 heterocycles. The molecule has 0 aliphatic heterocycles. The summed E-state index contributed by atoms with van der Waals surface area (Å²) in [5, 5.41) is 5.69. The van der Waals surface area contributed by atoms with Gasteiger partial charge in [-0.15, -0.1) is 0 Å². The monoisotopic (exact) mass is 459 g/mol. The number of carbonyl (C=O) groups is 3. The van der Waals surface area contributed by atoms with E-state index in [0.717, 1.165) is 48.8 Å². The van der Waals surface area contributed by atoms with Crippen LogP contribution in [0.15, 0.2) is 18.2 Å². The van der Waals surface area contributed by atoms with E-state index in [1.807, 2.05) is 39.0 Å². The lowest BCUT2D eigenvalue weighted by atomic mass is 9.87. The van der Waals surface area contributed by atoms with Crippen molar-refractivity contribution in [3.05, 3.63) is 34.9 Å². The second-order valence-electron chi connectivity index (χ2n) is 10.1. The van der Waals surface area contributed by atoms with Crippen LogP contribution in [0, 0.1) is 13.8 Å². The molecule has 1 aliphatic rings. The second kappa shape index (κ2) is 11.5. The predicted octanol–water partition coefficient (Wildman–Crippen LogP) is 4.56. The van der Waals surface area contributed by atoms with Crippen molar-refractivity contribution in [2.75, 3.05) is 6.54 Å². The van der Waals surface area contributed by atoms with Crippen LogP contribution in [-0.4, -0.2) is 47.0 Å². The van der Waals surface area contributed by atoms with Crippen molar-refractivity contribution >= 4 is 17.9 Å². The van der Waals surface area contributed by atoms with Crippen molar-refractivity contribution in [3.63, 3.8) is 0 Å². The fraction of sp³-hybridized carbons (Fsp3) is 0.654. The van der Waals surface area contributed by atoms with Crippen molar-refractivity contribution in [1.29, 1.82) is 0 Å². The molecule has 2 atom stereocenters. The zero-order valence-electron chi connectivity index (χ0n) is 21.3. The summed E-state index contributed by atoms with van der Waals surface area (Å²) < 4.78 is 5.28. The molecule has 0 aromatic heterocycles. The van der Waals surface area contributed by atoms with Crippen LogP contribution in [0.5, 0.6) is 0 Å². The molecule has 184 valence electrons. The van der Waals surface area contributed by atoms with Gasteiger partial charge in [0.25, 0.3) is 0 Å². The topological polar surface area (TPSA) is 87.7 Å². The summed E-state index contributed by atoms with van der Waals surface area (Å²) in [6.45, 7) is 13.2. The van der Waals surface area contributed by atoms with E-state index in [2.05, 4.69) is 17.6 Å². The van der Waals surface area contributed by atoms with Crippen LogP contribution in [0.1, 0.15) is 89.5 Å². The fourth-order valence-corrected chi connectivity index (χ4v) is 4.09. The molecule has 1 aliphatic carbocycles. The van der Waals surface area contributed by atoms with Gasteiger partial charge in [0.15, 0.2) is 0 Å². The molecule has 2 N–H and O–H groups in total. The highest BCUT2D eigenvalue weighted by Gasteiger charge is 2.39. The summed E-state index contributed by atoms with van der Waals surface area (Å²) in [5.41, 5.74) is 2.24. The third kappa shape index (κ3) is 7.47. The van der Waals surface area contributed by atoms with Gasteiger partial charge in [0, 0.05) is 12.1 Å². The first-order valence-corrected chi connectivity index (χ1v) is 12.1. The average molecular weight is 460 g/mol. The Hall–Kier alpha value is -2.57. The van der Waals surface area contributed by atoms with Gasteiger partial charge in [-0.05, 0) is 83.9 Å². The third-order valence-electron chi connectivity index (χ3n) is 6.12. The van der Waals surface area contributed by atoms with Gasteiger partial charge < -0.3 is 20.3 Å². The number of hydrogen-bond acceptors (Lipinski definition) is 4. The third-order valence-corrected chi connectivity index (χ3v) is 6.12. The van der Waals surface area contributed by atoms with E-state index in [4.69, 9.17) is 4.74 Å². The number of aryl methyl sites for hydroxylation is 1. The van der Waals surface area contributed by atoms with E-state index < -0.39 is 17.7 Å². The van der Waals surface area contributed by atoms with Crippen molar-refractivity contribution in [3.8, 4) is 0 Å². The Kier molecular flexibility index (Phi) is 9.32. The van der Waals surface area contributed by atoms with Gasteiger partial charge in [0.1, 0.15) is 18.2 Å². The molecule has 3 amide bonds. The average Bonchev–Trinajstić information content (AvgIpc) is 2.66. The molecule has 0 spiro atoms. The van der Waals surface area contributed by atoms with Gasteiger partial charge in [-0.1, -0.05) is 31.5 Å². The standard InChI is InChI=1S/C26H41N3O4/c1-8-11-18(3)28-24(31)23(21-15-9-12-17(2)19(21)4)29(20-13-10-14-20)22(30)16-27-25(32)33-26(5,6)7/h9,12,15,18,20,23H,8,10-11,13-14,16H2,1-7H3,(H,27,32)(H,28,31). The molecule has 0 radical (unpaired) electrons. The van der Waals surface area contributed by atoms with E-state index in [1.165, 1.54) is 0 Å². The van der Waals surface area contributed by atoms with Gasteiger partial charge in [-0.3, -0.25) is 9.59 Å². The maximum Gasteiger partial charge on any atom is 0.408 e. The lowest BCUT2D eigenvalue weighted by Gasteiger charge is -2.43. The van der Waals surface area contributed by atoms with Gasteiger partial charge in [0.05, 0.1) is 0 Å². The lowest BCUT2D eigenvalue weighted by Crippen LogP contribution is -2.54. The van der Waals surface area contributed by atoms with Crippen molar-refractivity contribution in [1.82, 2.24) is 15.5 Å². The molecule has 1 aromatic carbocycles. The van der Waals surface area contributed by atoms with Crippen LogP contribution in [0.4, 0.5) is 4.79 Å². The molecular weight excluding hydrogens is 418 g/mol. The summed E-state index contributed by atoms with van der Waals surface area (Å²) in [6, 6.07) is 5.09. The molecule has 0 saturated heterocycles. The van der Waals surface area contributed by atoms with E-state index in [9.17, 15) is 14.4 Å². The van der Waals surface area contributed by atoms with E-state index in [1.54, 1.807) is 25.7 Å². The molecule has 1 saturated carbocycles. The van der Waals surface area contributed by atoms with Gasteiger partial charge >= 0.3 is 6.09 Å². The highest BCUT2D eigenvalue weighted by atomic mass is 16.6. The van der Waals surface area contributed by atoms with Crippen LogP contribution >= 0.6 is 0 Å². The smallest absolute Gasteiger partial charge is 0.408 e. The molecule has 1 fully saturated rings. The zero-order valence-corrected chi connectivity index (χ0v) is 21.3. The first kappa shape index (κ1) is 26.7. The van der Waals surface area contributed by atoms with Crippen LogP contribution in [0.25, 0.3) is 0 Å². The number of amides is 3. The number of benzene rings is 1. The number of ether oxygens (including phenoxy) is 1. The van der Waals surface area contributed by atoms with Crippen LogP contribution in [0.3, 0.4) is 0 Å². The Morgan fingerprint density at radius 1 is 1.18 bits per heavy atom. The van der Waals surface area contributed by atoms with E-state index in [-0.39, 0.29) is 30.4 Å². The highest BCUT2D eigenvalue weighted by Crippen LogP contribution is 2.35. The highest BCUT2D eigenvalue weighted by molar-refractivity contribution is 5.91. The number of nitrogens with zero attached hydrogens (tertiary/aromatic N) is 1. The minimum atomic E-state index is -0.748. The van der Waals surface area contributed by atoms with Gasteiger partial charge in [0.2, 0.25) is 11.8 Å². The first-order valence-electron chi connectivity index (χ1n) is 12.1. The molecule has 2 unspecified atom stereocenters. The Labute approximate surface area is 198 Å². The largest absolute Gasteiger partial charge is 0.444 e. The van der Waals surface area contributed by atoms with E-state index in [0.29, 0.717) is 0 Å². The summed E-state index contributed by atoms with van der Waals surface area (Å²) in [7, 11) is 0. The minimum absolute atomic E-state index is 0.00773. The van der Waals surface area contributed by atoms with Crippen LogP contribution in [-0.2, 0) is 14.3 Å². The molecular formula is C26H41N3O4. The fourth-order valence-electron chi connectivity index (χ4n) is 4.09. The SMILES string of the molecule is CCCC(C)NC(=O)C(c1cccc(C)c1C)N(C(=O)CNC(=O)OC(C)(C)C)C1CCC1. The first-order chi connectivity index (χ1) is 15.4. The van der Waals surface area contributed by atoms with Crippen molar-refractivity contribution in [2.24, 2.45) is 0 Å². The number of rotatable bonds is 9. The Morgan fingerprint density at radius 3 is 2.39 bits per heavy atom. The van der Waals surface area contributed by atoms with Crippen molar-refractivity contribution < 1.29 is 19.1 Å². The predicted molar refractivity (Wildman–Crippen MR) is 130 cm³/mol. The summed E-state index contributed by atoms with van der Waals surface area (Å²) in [4.78, 5) is 40.9. The molecule has 1 aromatic rings. The maximum atomic E-state index is 13.6. The summed E-state index contributed by atoms with van der Waals surface area (Å²) >= 11 is 0. The molecule has 7 nitrogen and oxygen atoms in total. The Morgan fingerprint density at radius 2 is 1.85 bits per heavy atom. The number of carbonyl (C=O) groups excluding carboxylic acids is 3. The van der Waals surface area contributed by atoms with Crippen LogP contribution in [0.2, 0.25) is 0 Å². The summed E-state index contributed by atoms with van der Waals surface area (Å²) in [5.74, 6) is -0.461. The molecule has 2 rings (SSSR count). The van der Waals surface area contributed by atoms with Gasteiger partial charge in [-0.25, -0.2) is 4.79 Å².